The van der Waals surface area contributed by atoms with Crippen molar-refractivity contribution in [1.82, 2.24) is 15.0 Å². The molecule has 0 radical (unpaired) electrons. The van der Waals surface area contributed by atoms with Gasteiger partial charge >= 0.3 is 0 Å². The molecule has 290 valence electrons. The highest BCUT2D eigenvalue weighted by molar-refractivity contribution is 7.26. The third-order valence-electron chi connectivity index (χ3n) is 12.4. The average Bonchev–Trinajstić information content (AvgIpc) is 3.89. The molecule has 62 heavy (non-hydrogen) atoms. The molecule has 0 spiro atoms. The Bertz CT molecular complexity index is 3320. The zero-order chi connectivity index (χ0) is 41.0. The Kier molecular flexibility index (Phi) is 8.58. The van der Waals surface area contributed by atoms with Crippen molar-refractivity contribution in [2.45, 2.75) is 5.41 Å². The first-order valence-corrected chi connectivity index (χ1v) is 21.8. The van der Waals surface area contributed by atoms with Crippen LogP contribution in [0.15, 0.2) is 224 Å². The van der Waals surface area contributed by atoms with Crippen molar-refractivity contribution >= 4 is 31.5 Å². The molecule has 11 aromatic rings. The summed E-state index contributed by atoms with van der Waals surface area (Å²) >= 11 is 1.90. The second-order valence-corrected chi connectivity index (χ2v) is 16.9. The fourth-order valence-electron chi connectivity index (χ4n) is 9.63. The van der Waals surface area contributed by atoms with Crippen LogP contribution in [-0.4, -0.2) is 15.0 Å². The zero-order valence-corrected chi connectivity index (χ0v) is 34.4. The maximum Gasteiger partial charge on any atom is 0.164 e. The van der Waals surface area contributed by atoms with Gasteiger partial charge in [-0.2, -0.15) is 0 Å². The fraction of sp³-hybridized carbons (Fsp3) is 0.0172. The van der Waals surface area contributed by atoms with E-state index in [1.54, 1.807) is 0 Å². The normalized spacial score (nSPS) is 12.6. The van der Waals surface area contributed by atoms with Crippen molar-refractivity contribution in [3.63, 3.8) is 0 Å². The number of nitrogens with zero attached hydrogens (tertiary/aromatic N) is 3. The molecule has 2 aromatic heterocycles. The third kappa shape index (κ3) is 5.76. The summed E-state index contributed by atoms with van der Waals surface area (Å²) in [5.41, 5.74) is 14.7. The maximum atomic E-state index is 5.05. The highest BCUT2D eigenvalue weighted by atomic mass is 32.1. The van der Waals surface area contributed by atoms with Gasteiger partial charge < -0.3 is 0 Å². The molecule has 0 fully saturated rings. The van der Waals surface area contributed by atoms with Gasteiger partial charge in [0.25, 0.3) is 0 Å². The molecule has 0 aliphatic heterocycles. The summed E-state index contributed by atoms with van der Waals surface area (Å²) in [6.07, 6.45) is 0. The van der Waals surface area contributed by atoms with Gasteiger partial charge in [0.15, 0.2) is 17.5 Å². The third-order valence-corrected chi connectivity index (χ3v) is 13.6. The van der Waals surface area contributed by atoms with Gasteiger partial charge in [-0.25, -0.2) is 15.0 Å². The number of thiophene rings is 1. The van der Waals surface area contributed by atoms with Crippen LogP contribution in [0.1, 0.15) is 22.3 Å². The van der Waals surface area contributed by atoms with Gasteiger partial charge in [0, 0.05) is 42.4 Å². The van der Waals surface area contributed by atoms with Crippen molar-refractivity contribution < 1.29 is 0 Å². The summed E-state index contributed by atoms with van der Waals surface area (Å²) in [7, 11) is 0. The summed E-state index contributed by atoms with van der Waals surface area (Å²) in [6, 6.07) is 80.7. The zero-order valence-electron chi connectivity index (χ0n) is 33.6. The molecule has 4 heteroatoms. The maximum absolute atomic E-state index is 5.05. The fourth-order valence-corrected chi connectivity index (χ4v) is 10.9. The molecular weight excluding hydrogens is 771 g/mol. The molecule has 1 aliphatic rings. The van der Waals surface area contributed by atoms with Gasteiger partial charge in [0.1, 0.15) is 0 Å². The van der Waals surface area contributed by atoms with Crippen LogP contribution in [0.25, 0.3) is 87.7 Å². The van der Waals surface area contributed by atoms with Crippen LogP contribution in [0.4, 0.5) is 0 Å². The highest BCUT2D eigenvalue weighted by Crippen LogP contribution is 2.61. The van der Waals surface area contributed by atoms with Crippen molar-refractivity contribution in [2.24, 2.45) is 0 Å². The Morgan fingerprint density at radius 1 is 0.339 bits per heavy atom. The van der Waals surface area contributed by atoms with Gasteiger partial charge in [0.2, 0.25) is 0 Å². The topological polar surface area (TPSA) is 38.7 Å². The van der Waals surface area contributed by atoms with E-state index < -0.39 is 5.41 Å². The Hall–Kier alpha value is -7.79. The Morgan fingerprint density at radius 2 is 0.790 bits per heavy atom. The molecular formula is C58H37N3S. The Morgan fingerprint density at radius 3 is 1.35 bits per heavy atom. The number of hydrogen-bond donors (Lipinski definition) is 0. The number of rotatable bonds is 7. The van der Waals surface area contributed by atoms with Gasteiger partial charge in [-0.1, -0.05) is 206 Å². The first-order chi connectivity index (χ1) is 30.7. The van der Waals surface area contributed by atoms with Crippen LogP contribution in [0.5, 0.6) is 0 Å². The summed E-state index contributed by atoms with van der Waals surface area (Å²) in [4.78, 5) is 15.0. The van der Waals surface area contributed by atoms with E-state index in [9.17, 15) is 0 Å². The molecule has 3 nitrogen and oxygen atoms in total. The van der Waals surface area contributed by atoms with Crippen molar-refractivity contribution in [1.29, 1.82) is 0 Å². The van der Waals surface area contributed by atoms with Gasteiger partial charge in [-0.3, -0.25) is 0 Å². The molecule has 0 bridgehead atoms. The number of benzene rings is 9. The van der Waals surface area contributed by atoms with Gasteiger partial charge in [-0.15, -0.1) is 11.3 Å². The van der Waals surface area contributed by atoms with Crippen LogP contribution in [0.2, 0.25) is 0 Å². The minimum atomic E-state index is -0.561. The van der Waals surface area contributed by atoms with E-state index >= 15 is 0 Å². The lowest BCUT2D eigenvalue weighted by molar-refractivity contribution is 0.769. The van der Waals surface area contributed by atoms with Crippen LogP contribution >= 0.6 is 11.3 Å². The van der Waals surface area contributed by atoms with E-state index in [4.69, 9.17) is 15.0 Å². The molecule has 12 rings (SSSR count). The van der Waals surface area contributed by atoms with Gasteiger partial charge in [-0.05, 0) is 68.3 Å². The standard InChI is InChI=1S/C58H37N3S/c1-6-18-38(19-7-1)43-34-35-49-48(36-43)53-50(58(49,44-24-12-4-13-25-44)45-26-14-5-15-27-45)37-47(52-46-28-16-17-29-51(46)62-54(52)53)39-30-32-42(33-31-39)57-60-55(40-20-8-2-9-21-40)59-56(61-57)41-22-10-3-11-23-41/h1-37H. The first kappa shape index (κ1) is 36.1. The van der Waals surface area contributed by atoms with E-state index in [1.807, 2.05) is 72.0 Å². The Labute approximate surface area is 364 Å². The predicted octanol–water partition coefficient (Wildman–Crippen LogP) is 14.9. The average molecular weight is 808 g/mol. The van der Waals surface area contributed by atoms with E-state index in [2.05, 4.69) is 164 Å². The lowest BCUT2D eigenvalue weighted by Crippen LogP contribution is -2.28. The number of hydrogen-bond acceptors (Lipinski definition) is 4. The molecule has 0 N–H and O–H groups in total. The van der Waals surface area contributed by atoms with Crippen LogP contribution in [-0.2, 0) is 5.41 Å². The molecule has 9 aromatic carbocycles. The van der Waals surface area contributed by atoms with Crippen LogP contribution < -0.4 is 0 Å². The van der Waals surface area contributed by atoms with Crippen LogP contribution in [0.3, 0.4) is 0 Å². The molecule has 1 aliphatic carbocycles. The van der Waals surface area contributed by atoms with Gasteiger partial charge in [0.05, 0.1) is 5.41 Å². The molecule has 0 saturated heterocycles. The number of fused-ring (bicyclic) bond motifs is 7. The Balaban J connectivity index is 1.12. The minimum absolute atomic E-state index is 0.561. The SMILES string of the molecule is c1ccc(-c2ccc3c(c2)-c2c(cc(-c4ccc(-c5nc(-c6ccccc6)nc(-c6ccccc6)n5)cc4)c4c2sc2ccccc24)C3(c2ccccc2)c2ccccc2)cc1. The number of aromatic nitrogens is 3. The summed E-state index contributed by atoms with van der Waals surface area (Å²) < 4.78 is 2.58. The molecule has 0 atom stereocenters. The van der Waals surface area contributed by atoms with Crippen molar-refractivity contribution in [3.05, 3.63) is 247 Å². The van der Waals surface area contributed by atoms with E-state index in [-0.39, 0.29) is 0 Å². The van der Waals surface area contributed by atoms with E-state index in [0.717, 1.165) is 22.3 Å². The molecule has 2 heterocycles. The second-order valence-electron chi connectivity index (χ2n) is 15.9. The lowest BCUT2D eigenvalue weighted by atomic mass is 9.67. The van der Waals surface area contributed by atoms with E-state index in [1.165, 1.54) is 70.2 Å². The van der Waals surface area contributed by atoms with Crippen molar-refractivity contribution in [2.75, 3.05) is 0 Å². The summed E-state index contributed by atoms with van der Waals surface area (Å²) in [5, 5.41) is 2.55. The van der Waals surface area contributed by atoms with Crippen molar-refractivity contribution in [3.8, 4) is 67.5 Å². The molecule has 0 unspecified atom stereocenters. The summed E-state index contributed by atoms with van der Waals surface area (Å²) in [5.74, 6) is 1.94. The first-order valence-electron chi connectivity index (χ1n) is 21.0. The van der Waals surface area contributed by atoms with Crippen LogP contribution in [0, 0.1) is 0 Å². The quantitative estimate of drug-likeness (QED) is 0.161. The van der Waals surface area contributed by atoms with E-state index in [0.29, 0.717) is 17.5 Å². The second kappa shape index (κ2) is 14.7. The highest BCUT2D eigenvalue weighted by Gasteiger charge is 2.47. The molecule has 0 amide bonds. The lowest BCUT2D eigenvalue weighted by Gasteiger charge is -2.34. The smallest absolute Gasteiger partial charge is 0.164 e. The predicted molar refractivity (Wildman–Crippen MR) is 257 cm³/mol. The largest absolute Gasteiger partial charge is 0.208 e. The monoisotopic (exact) mass is 807 g/mol. The minimum Gasteiger partial charge on any atom is -0.208 e. The summed E-state index contributed by atoms with van der Waals surface area (Å²) in [6.45, 7) is 0. The molecule has 0 saturated carbocycles.